The molecule has 1 heterocycles. The average molecular weight is 518 g/mol. The maximum Gasteiger partial charge on any atom is 0.321 e. The summed E-state index contributed by atoms with van der Waals surface area (Å²) in [7, 11) is -1.26. The van der Waals surface area contributed by atoms with Crippen LogP contribution in [0.15, 0.2) is 65.6 Å². The number of nitrogens with one attached hydrogen (secondary N) is 3. The highest BCUT2D eigenvalue weighted by Crippen LogP contribution is 2.21. The van der Waals surface area contributed by atoms with E-state index in [0.717, 1.165) is 0 Å². The summed E-state index contributed by atoms with van der Waals surface area (Å²) in [6.45, 7) is 0. The molecule has 2 aromatic carbocycles. The predicted molar refractivity (Wildman–Crippen MR) is 132 cm³/mol. The van der Waals surface area contributed by atoms with E-state index in [0.29, 0.717) is 11.3 Å². The highest BCUT2D eigenvalue weighted by molar-refractivity contribution is 7.92. The number of rotatable bonds is 8. The number of carbonyl (C=O) groups excluding carboxylic acids is 1. The second-order valence-corrected chi connectivity index (χ2v) is 8.83. The summed E-state index contributed by atoms with van der Waals surface area (Å²) in [6.07, 6.45) is 2.76. The Morgan fingerprint density at radius 2 is 1.71 bits per heavy atom. The molecule has 3 rings (SSSR count). The molecule has 1 aromatic heterocycles. The number of ether oxygens (including phenoxy) is 2. The molecule has 35 heavy (non-hydrogen) atoms. The lowest BCUT2D eigenvalue weighted by Gasteiger charge is -2.11. The fraction of sp³-hybridized carbons (Fsp3) is 0.0909. The van der Waals surface area contributed by atoms with E-state index in [9.17, 15) is 17.6 Å². The summed E-state index contributed by atoms with van der Waals surface area (Å²) in [5, 5.41) is 5.25. The Hall–Kier alpha value is -4.10. The second kappa shape index (κ2) is 11.4. The molecule has 13 heteroatoms. The van der Waals surface area contributed by atoms with Gasteiger partial charge in [0.2, 0.25) is 11.8 Å². The van der Waals surface area contributed by atoms with E-state index in [1.165, 1.54) is 81.0 Å². The van der Waals surface area contributed by atoms with Gasteiger partial charge < -0.3 is 14.8 Å². The van der Waals surface area contributed by atoms with Gasteiger partial charge in [-0.1, -0.05) is 12.1 Å². The lowest BCUT2D eigenvalue weighted by atomic mass is 10.2. The van der Waals surface area contributed by atoms with Gasteiger partial charge in [0, 0.05) is 17.8 Å². The van der Waals surface area contributed by atoms with Crippen LogP contribution in [-0.4, -0.2) is 43.6 Å². The van der Waals surface area contributed by atoms with Crippen LogP contribution >= 0.6 is 12.2 Å². The zero-order valence-corrected chi connectivity index (χ0v) is 20.1. The van der Waals surface area contributed by atoms with Gasteiger partial charge in [-0.2, -0.15) is 9.97 Å². The largest absolute Gasteiger partial charge is 0.481 e. The fourth-order valence-electron chi connectivity index (χ4n) is 2.63. The number of thiocarbonyl (C=S) groups is 1. The third-order valence-electron chi connectivity index (χ3n) is 4.27. The minimum atomic E-state index is -3.98. The van der Waals surface area contributed by atoms with Crippen molar-refractivity contribution in [3.8, 4) is 11.9 Å². The van der Waals surface area contributed by atoms with Gasteiger partial charge in [-0.05, 0) is 60.3 Å². The maximum absolute atomic E-state index is 12.9. The maximum atomic E-state index is 12.9. The second-order valence-electron chi connectivity index (χ2n) is 6.74. The molecule has 0 aliphatic carbocycles. The van der Waals surface area contributed by atoms with Crippen LogP contribution in [0.5, 0.6) is 11.9 Å². The Morgan fingerprint density at radius 3 is 2.34 bits per heavy atom. The first-order valence-corrected chi connectivity index (χ1v) is 11.7. The Balaban J connectivity index is 1.60. The zero-order chi connectivity index (χ0) is 25.4. The van der Waals surface area contributed by atoms with Crippen molar-refractivity contribution in [3.63, 3.8) is 0 Å². The predicted octanol–water partition coefficient (Wildman–Crippen LogP) is 2.96. The molecule has 182 valence electrons. The van der Waals surface area contributed by atoms with E-state index in [2.05, 4.69) is 25.3 Å². The SMILES string of the molecule is COc1cc(NS(=O)(=O)c2ccc(NC(=S)NC(=O)C=Cc3ccc(F)cc3)cc2)nc(OC)n1. The quantitative estimate of drug-likeness (QED) is 0.305. The Kier molecular flexibility index (Phi) is 8.28. The van der Waals surface area contributed by atoms with E-state index >= 15 is 0 Å². The van der Waals surface area contributed by atoms with E-state index < -0.39 is 15.9 Å². The van der Waals surface area contributed by atoms with Crippen molar-refractivity contribution in [1.82, 2.24) is 15.3 Å². The van der Waals surface area contributed by atoms with Crippen molar-refractivity contribution in [2.75, 3.05) is 24.3 Å². The number of aromatic nitrogens is 2. The normalized spacial score (nSPS) is 11.1. The third kappa shape index (κ3) is 7.45. The lowest BCUT2D eigenvalue weighted by molar-refractivity contribution is -0.115. The molecule has 0 atom stereocenters. The Morgan fingerprint density at radius 1 is 1.03 bits per heavy atom. The van der Waals surface area contributed by atoms with Crippen molar-refractivity contribution in [2.45, 2.75) is 4.90 Å². The van der Waals surface area contributed by atoms with Crippen LogP contribution in [0, 0.1) is 5.82 Å². The lowest BCUT2D eigenvalue weighted by Crippen LogP contribution is -2.32. The van der Waals surface area contributed by atoms with E-state index in [1.807, 2.05) is 0 Å². The molecule has 0 unspecified atom stereocenters. The molecule has 0 aliphatic heterocycles. The van der Waals surface area contributed by atoms with Crippen molar-refractivity contribution in [2.24, 2.45) is 0 Å². The summed E-state index contributed by atoms with van der Waals surface area (Å²) in [5.41, 5.74) is 1.09. The molecule has 0 saturated heterocycles. The van der Waals surface area contributed by atoms with Crippen molar-refractivity contribution < 1.29 is 27.1 Å². The van der Waals surface area contributed by atoms with Crippen LogP contribution < -0.4 is 24.8 Å². The van der Waals surface area contributed by atoms with Gasteiger partial charge in [-0.25, -0.2) is 12.8 Å². The minimum absolute atomic E-state index is 0.00710. The minimum Gasteiger partial charge on any atom is -0.481 e. The van der Waals surface area contributed by atoms with Gasteiger partial charge in [0.1, 0.15) is 5.82 Å². The number of sulfonamides is 1. The highest BCUT2D eigenvalue weighted by Gasteiger charge is 2.17. The number of hydrogen-bond acceptors (Lipinski definition) is 8. The summed E-state index contributed by atoms with van der Waals surface area (Å²) in [5.74, 6) is -0.780. The molecule has 0 saturated carbocycles. The van der Waals surface area contributed by atoms with E-state index in [1.54, 1.807) is 0 Å². The number of methoxy groups -OCH3 is 2. The average Bonchev–Trinajstić information content (AvgIpc) is 2.83. The van der Waals surface area contributed by atoms with Gasteiger partial charge in [0.15, 0.2) is 10.9 Å². The van der Waals surface area contributed by atoms with Crippen LogP contribution in [0.1, 0.15) is 5.56 Å². The highest BCUT2D eigenvalue weighted by atomic mass is 32.2. The monoisotopic (exact) mass is 517 g/mol. The van der Waals surface area contributed by atoms with E-state index in [-0.39, 0.29) is 33.5 Å². The molecule has 0 radical (unpaired) electrons. The van der Waals surface area contributed by atoms with Gasteiger partial charge in [-0.15, -0.1) is 0 Å². The van der Waals surface area contributed by atoms with Gasteiger partial charge >= 0.3 is 6.01 Å². The molecule has 10 nitrogen and oxygen atoms in total. The third-order valence-corrected chi connectivity index (χ3v) is 5.84. The van der Waals surface area contributed by atoms with Crippen molar-refractivity contribution >= 4 is 50.8 Å². The number of carbonyl (C=O) groups is 1. The number of halogens is 1. The first-order chi connectivity index (χ1) is 16.7. The first-order valence-electron chi connectivity index (χ1n) is 9.84. The van der Waals surface area contributed by atoms with Crippen LogP contribution in [0.3, 0.4) is 0 Å². The topological polar surface area (TPSA) is 132 Å². The fourth-order valence-corrected chi connectivity index (χ4v) is 3.84. The molecular weight excluding hydrogens is 497 g/mol. The van der Waals surface area contributed by atoms with Crippen LogP contribution in [-0.2, 0) is 14.8 Å². The number of amides is 1. The van der Waals surface area contributed by atoms with Crippen LogP contribution in [0.4, 0.5) is 15.9 Å². The first kappa shape index (κ1) is 25.5. The van der Waals surface area contributed by atoms with Gasteiger partial charge in [-0.3, -0.25) is 14.8 Å². The molecule has 0 spiro atoms. The number of nitrogens with zero attached hydrogens (tertiary/aromatic N) is 2. The molecule has 0 bridgehead atoms. The van der Waals surface area contributed by atoms with Gasteiger partial charge in [0.25, 0.3) is 10.0 Å². The molecule has 3 aromatic rings. The van der Waals surface area contributed by atoms with E-state index in [4.69, 9.17) is 21.7 Å². The van der Waals surface area contributed by atoms with Crippen molar-refractivity contribution in [3.05, 3.63) is 72.1 Å². The Labute approximate surface area is 206 Å². The molecule has 3 N–H and O–H groups in total. The molecular formula is C22H20FN5O5S2. The number of anilines is 2. The molecule has 0 fully saturated rings. The summed E-state index contributed by atoms with van der Waals surface area (Å²) in [4.78, 5) is 19.8. The van der Waals surface area contributed by atoms with Crippen LogP contribution in [0.2, 0.25) is 0 Å². The molecule has 1 amide bonds. The number of benzene rings is 2. The standard InChI is InChI=1S/C22H20FN5O5S2/c1-32-20-13-18(25-21(27-20)33-2)28-35(30,31)17-10-8-16(9-11-17)24-22(34)26-19(29)12-5-14-3-6-15(23)7-4-14/h3-13H,1-2H3,(H,25,27,28)(H2,24,26,29,34). The van der Waals surface area contributed by atoms with Crippen LogP contribution in [0.25, 0.3) is 6.08 Å². The Bertz CT molecular complexity index is 1330. The molecule has 0 aliphatic rings. The van der Waals surface area contributed by atoms with Crippen molar-refractivity contribution in [1.29, 1.82) is 0 Å². The number of hydrogen-bond donors (Lipinski definition) is 3. The smallest absolute Gasteiger partial charge is 0.321 e. The summed E-state index contributed by atoms with van der Waals surface area (Å²) in [6, 6.07) is 12.5. The summed E-state index contributed by atoms with van der Waals surface area (Å²) >= 11 is 5.11. The van der Waals surface area contributed by atoms with Gasteiger partial charge in [0.05, 0.1) is 19.1 Å². The zero-order valence-electron chi connectivity index (χ0n) is 18.5. The summed E-state index contributed by atoms with van der Waals surface area (Å²) < 4.78 is 50.6.